The lowest BCUT2D eigenvalue weighted by Gasteiger charge is -2.31. The largest absolute Gasteiger partial charge is 0.466 e. The van der Waals surface area contributed by atoms with Crippen LogP contribution in [0.2, 0.25) is 0 Å². The fourth-order valence-electron chi connectivity index (χ4n) is 3.47. The Morgan fingerprint density at radius 3 is 2.42 bits per heavy atom. The van der Waals surface area contributed by atoms with Crippen molar-refractivity contribution in [2.24, 2.45) is 10.9 Å². The second-order valence-corrected chi connectivity index (χ2v) is 8.62. The van der Waals surface area contributed by atoms with Gasteiger partial charge in [-0.3, -0.25) is 14.4 Å². The first-order valence-corrected chi connectivity index (χ1v) is 11.1. The molecule has 166 valence electrons. The number of hydrogen-bond acceptors (Lipinski definition) is 5. The summed E-state index contributed by atoms with van der Waals surface area (Å²) in [4.78, 5) is 44.6. The molecule has 2 amide bonds. The third-order valence-corrected chi connectivity index (χ3v) is 6.53. The van der Waals surface area contributed by atoms with Gasteiger partial charge in [-0.05, 0) is 57.9 Å². The number of rotatable bonds is 5. The van der Waals surface area contributed by atoms with E-state index in [1.165, 1.54) is 35.6 Å². The van der Waals surface area contributed by atoms with Crippen LogP contribution < -0.4 is 4.80 Å². The van der Waals surface area contributed by atoms with E-state index < -0.39 is 11.7 Å². The van der Waals surface area contributed by atoms with Gasteiger partial charge < -0.3 is 14.2 Å². The maximum atomic E-state index is 13.1. The topological polar surface area (TPSA) is 81.0 Å². The van der Waals surface area contributed by atoms with Gasteiger partial charge in [0.25, 0.3) is 5.91 Å². The molecule has 9 heteroatoms. The molecule has 1 fully saturated rings. The van der Waals surface area contributed by atoms with E-state index in [2.05, 4.69) is 4.99 Å². The van der Waals surface area contributed by atoms with Crippen molar-refractivity contribution >= 4 is 29.1 Å². The van der Waals surface area contributed by atoms with Crippen molar-refractivity contribution in [3.63, 3.8) is 0 Å². The van der Waals surface area contributed by atoms with E-state index in [4.69, 9.17) is 4.74 Å². The third-order valence-electron chi connectivity index (χ3n) is 5.44. The van der Waals surface area contributed by atoms with Crippen LogP contribution >= 0.6 is 11.3 Å². The number of carbonyl (C=O) groups excluding carboxylic acids is 3. The number of amides is 2. The summed E-state index contributed by atoms with van der Waals surface area (Å²) in [6.45, 7) is 6.98. The molecule has 2 aromatic rings. The summed E-state index contributed by atoms with van der Waals surface area (Å²) in [5, 5.41) is 0. The van der Waals surface area contributed by atoms with E-state index in [-0.39, 0.29) is 29.9 Å². The fraction of sp³-hybridized carbons (Fsp3) is 0.455. The zero-order valence-corrected chi connectivity index (χ0v) is 18.7. The summed E-state index contributed by atoms with van der Waals surface area (Å²) in [6.07, 6.45) is 1.16. The van der Waals surface area contributed by atoms with Crippen LogP contribution in [0.4, 0.5) is 4.39 Å². The van der Waals surface area contributed by atoms with Crippen LogP contribution in [0, 0.1) is 25.6 Å². The van der Waals surface area contributed by atoms with Gasteiger partial charge in [0.05, 0.1) is 12.5 Å². The van der Waals surface area contributed by atoms with Gasteiger partial charge in [0, 0.05) is 29.2 Å². The highest BCUT2D eigenvalue weighted by molar-refractivity contribution is 7.09. The van der Waals surface area contributed by atoms with Crippen molar-refractivity contribution in [1.82, 2.24) is 9.47 Å². The molecule has 0 aliphatic carbocycles. The van der Waals surface area contributed by atoms with Gasteiger partial charge in [0.2, 0.25) is 5.91 Å². The van der Waals surface area contributed by atoms with Crippen molar-refractivity contribution in [1.29, 1.82) is 0 Å². The molecule has 31 heavy (non-hydrogen) atoms. The summed E-state index contributed by atoms with van der Waals surface area (Å²) >= 11 is 1.33. The number of ether oxygens (including phenoxy) is 1. The van der Waals surface area contributed by atoms with Gasteiger partial charge in [-0.1, -0.05) is 0 Å². The zero-order chi connectivity index (χ0) is 22.5. The van der Waals surface area contributed by atoms with Crippen molar-refractivity contribution in [3.05, 3.63) is 51.0 Å². The Labute approximate surface area is 184 Å². The highest BCUT2D eigenvalue weighted by atomic mass is 32.1. The molecule has 0 atom stereocenters. The minimum atomic E-state index is -0.488. The number of thiazole rings is 1. The van der Waals surface area contributed by atoms with Gasteiger partial charge in [-0.25, -0.2) is 4.39 Å². The summed E-state index contributed by atoms with van der Waals surface area (Å²) in [6, 6.07) is 5.20. The molecule has 0 unspecified atom stereocenters. The van der Waals surface area contributed by atoms with Crippen LogP contribution in [0.5, 0.6) is 0 Å². The van der Waals surface area contributed by atoms with Crippen molar-refractivity contribution in [2.75, 3.05) is 19.7 Å². The predicted octanol–water partition coefficient (Wildman–Crippen LogP) is 2.85. The first-order valence-electron chi connectivity index (χ1n) is 10.3. The van der Waals surface area contributed by atoms with Gasteiger partial charge in [-0.15, -0.1) is 11.3 Å². The number of nitrogens with zero attached hydrogens (tertiary/aromatic N) is 3. The Morgan fingerprint density at radius 1 is 1.16 bits per heavy atom. The molecule has 0 spiro atoms. The minimum absolute atomic E-state index is 0.0653. The number of aryl methyl sites for hydroxylation is 1. The quantitative estimate of drug-likeness (QED) is 0.660. The van der Waals surface area contributed by atoms with Crippen LogP contribution in [-0.4, -0.2) is 46.9 Å². The Morgan fingerprint density at radius 2 is 1.81 bits per heavy atom. The molecule has 1 aliphatic rings. The Bertz CT molecular complexity index is 1030. The van der Waals surface area contributed by atoms with Crippen molar-refractivity contribution in [2.45, 2.75) is 40.2 Å². The lowest BCUT2D eigenvalue weighted by atomic mass is 9.97. The molecule has 1 saturated heterocycles. The van der Waals surface area contributed by atoms with E-state index in [1.54, 1.807) is 16.4 Å². The summed E-state index contributed by atoms with van der Waals surface area (Å²) in [7, 11) is 0. The number of carbonyl (C=O) groups is 3. The second kappa shape index (κ2) is 10.00. The average Bonchev–Trinajstić information content (AvgIpc) is 3.01. The van der Waals surface area contributed by atoms with E-state index >= 15 is 0 Å². The van der Waals surface area contributed by atoms with E-state index in [9.17, 15) is 18.8 Å². The molecule has 0 bridgehead atoms. The fourth-order valence-corrected chi connectivity index (χ4v) is 4.44. The molecule has 7 nitrogen and oxygen atoms in total. The first kappa shape index (κ1) is 22.9. The smallest absolute Gasteiger partial charge is 0.309 e. The lowest BCUT2D eigenvalue weighted by molar-refractivity contribution is -0.151. The first-order chi connectivity index (χ1) is 14.8. The average molecular weight is 448 g/mol. The number of benzene rings is 1. The number of esters is 1. The third kappa shape index (κ3) is 5.46. The number of hydrogen-bond donors (Lipinski definition) is 0. The monoisotopic (exact) mass is 447 g/mol. The normalized spacial score (nSPS) is 15.2. The van der Waals surface area contributed by atoms with Crippen LogP contribution in [0.3, 0.4) is 0 Å². The van der Waals surface area contributed by atoms with Crippen LogP contribution in [0.1, 0.15) is 40.7 Å². The summed E-state index contributed by atoms with van der Waals surface area (Å²) in [5.41, 5.74) is 1.15. The van der Waals surface area contributed by atoms with E-state index in [1.807, 2.05) is 13.8 Å². The molecule has 0 radical (unpaired) electrons. The molecule has 1 aromatic carbocycles. The number of piperidine rings is 1. The molecule has 0 N–H and O–H groups in total. The Kier molecular flexibility index (Phi) is 7.37. The highest BCUT2D eigenvalue weighted by Gasteiger charge is 2.28. The van der Waals surface area contributed by atoms with Crippen molar-refractivity contribution in [3.8, 4) is 0 Å². The van der Waals surface area contributed by atoms with Gasteiger partial charge >= 0.3 is 5.97 Å². The molecular formula is C22H26FN3O4S. The highest BCUT2D eigenvalue weighted by Crippen LogP contribution is 2.19. The maximum absolute atomic E-state index is 13.1. The number of likely N-dealkylation sites (tertiary alicyclic amines) is 1. The summed E-state index contributed by atoms with van der Waals surface area (Å²) in [5.74, 6) is -1.36. The Balaban J connectivity index is 1.73. The minimum Gasteiger partial charge on any atom is -0.466 e. The van der Waals surface area contributed by atoms with Crippen LogP contribution in [0.25, 0.3) is 0 Å². The van der Waals surface area contributed by atoms with Crippen molar-refractivity contribution < 1.29 is 23.5 Å². The SMILES string of the molecule is CCOC(=O)C1CCN(C(=O)Cn2c(C)c(C)sc2=NC(=O)c2ccc(F)cc2)CC1. The molecule has 1 aromatic heterocycles. The summed E-state index contributed by atoms with van der Waals surface area (Å²) < 4.78 is 19.9. The maximum Gasteiger partial charge on any atom is 0.309 e. The van der Waals surface area contributed by atoms with Gasteiger partial charge in [-0.2, -0.15) is 4.99 Å². The lowest BCUT2D eigenvalue weighted by Crippen LogP contribution is -2.43. The van der Waals surface area contributed by atoms with Gasteiger partial charge in [0.15, 0.2) is 4.80 Å². The van der Waals surface area contributed by atoms with E-state index in [0.29, 0.717) is 37.3 Å². The zero-order valence-electron chi connectivity index (χ0n) is 17.9. The molecule has 3 rings (SSSR count). The molecular weight excluding hydrogens is 421 g/mol. The molecule has 0 saturated carbocycles. The molecule has 1 aliphatic heterocycles. The van der Waals surface area contributed by atoms with Gasteiger partial charge in [0.1, 0.15) is 12.4 Å². The molecule has 2 heterocycles. The Hall–Kier alpha value is -2.81. The van der Waals surface area contributed by atoms with Crippen LogP contribution in [0.15, 0.2) is 29.3 Å². The van der Waals surface area contributed by atoms with Crippen LogP contribution in [-0.2, 0) is 20.9 Å². The standard InChI is InChI=1S/C22H26FN3O4S/c1-4-30-21(29)17-9-11-25(12-10-17)19(27)13-26-14(2)15(3)31-22(26)24-20(28)16-5-7-18(23)8-6-16/h5-8,17H,4,9-13H2,1-3H3. The predicted molar refractivity (Wildman–Crippen MR) is 114 cm³/mol. The number of aromatic nitrogens is 1. The number of halogens is 1. The van der Waals surface area contributed by atoms with E-state index in [0.717, 1.165) is 10.6 Å². The second-order valence-electron chi connectivity index (χ2n) is 7.44.